The summed E-state index contributed by atoms with van der Waals surface area (Å²) in [7, 11) is 0. The second-order valence-electron chi connectivity index (χ2n) is 12.6. The largest absolute Gasteiger partial charge is 0.471 e. The number of nitrogens with zero attached hydrogens (tertiary/aromatic N) is 2. The molecule has 2 heterocycles. The van der Waals surface area contributed by atoms with Gasteiger partial charge in [0.15, 0.2) is 0 Å². The fourth-order valence-corrected chi connectivity index (χ4v) is 6.57. The van der Waals surface area contributed by atoms with E-state index in [9.17, 15) is 50.8 Å². The predicted molar refractivity (Wildman–Crippen MR) is 124 cm³/mol. The molecule has 0 spiro atoms. The quantitative estimate of drug-likeness (QED) is 0.398. The van der Waals surface area contributed by atoms with Crippen LogP contribution in [0, 0.1) is 39.9 Å². The summed E-state index contributed by atoms with van der Waals surface area (Å²) in [6.45, 7) is 6.97. The van der Waals surface area contributed by atoms with Crippen molar-refractivity contribution < 1.29 is 45.5 Å². The van der Waals surface area contributed by atoms with Gasteiger partial charge < -0.3 is 20.9 Å². The SMILES string of the molecule is CC1(C)C[C@@H](C[C@@H](C#N)NC(=O)[C@@H]2[C@@H]3[C@H](CN2C(=O)C(NC(=O)C(F)(F)F)C2(C(F)(F)F)CC2)C3(C)C)C(=O)N1. The molecule has 222 valence electrons. The molecule has 0 aromatic rings. The van der Waals surface area contributed by atoms with Gasteiger partial charge in [0, 0.05) is 18.0 Å². The van der Waals surface area contributed by atoms with Gasteiger partial charge in [-0.25, -0.2) is 0 Å². The van der Waals surface area contributed by atoms with Gasteiger partial charge >= 0.3 is 18.3 Å². The Morgan fingerprint density at radius 2 is 1.70 bits per heavy atom. The lowest BCUT2D eigenvalue weighted by Gasteiger charge is -2.36. The van der Waals surface area contributed by atoms with Crippen LogP contribution in [-0.4, -0.2) is 71.1 Å². The molecule has 0 aromatic heterocycles. The maximum Gasteiger partial charge on any atom is 0.471 e. The number of nitriles is 1. The summed E-state index contributed by atoms with van der Waals surface area (Å²) in [5.74, 6) is -6.71. The second-order valence-corrected chi connectivity index (χ2v) is 12.6. The molecule has 4 aliphatic rings. The summed E-state index contributed by atoms with van der Waals surface area (Å²) < 4.78 is 80.9. The third-order valence-electron chi connectivity index (χ3n) is 9.03. The first-order chi connectivity index (χ1) is 18.2. The van der Waals surface area contributed by atoms with Gasteiger partial charge in [0.25, 0.3) is 0 Å². The van der Waals surface area contributed by atoms with Crippen molar-refractivity contribution >= 4 is 23.6 Å². The van der Waals surface area contributed by atoms with Gasteiger partial charge in [-0.1, -0.05) is 13.8 Å². The molecule has 4 rings (SSSR count). The van der Waals surface area contributed by atoms with E-state index in [1.807, 2.05) is 6.07 Å². The van der Waals surface area contributed by atoms with Crippen molar-refractivity contribution in [3.8, 4) is 6.07 Å². The lowest BCUT2D eigenvalue weighted by Crippen LogP contribution is -2.62. The number of nitrogens with one attached hydrogen (secondary N) is 3. The van der Waals surface area contributed by atoms with Crippen molar-refractivity contribution in [1.82, 2.24) is 20.9 Å². The van der Waals surface area contributed by atoms with Crippen LogP contribution in [0.15, 0.2) is 0 Å². The number of carbonyl (C=O) groups excluding carboxylic acids is 4. The van der Waals surface area contributed by atoms with Crippen molar-refractivity contribution in [2.75, 3.05) is 6.54 Å². The Morgan fingerprint density at radius 3 is 2.15 bits per heavy atom. The molecule has 3 N–H and O–H groups in total. The fraction of sp³-hybridized carbons (Fsp3) is 0.800. The zero-order chi connectivity index (χ0) is 30.2. The van der Waals surface area contributed by atoms with E-state index in [0.29, 0.717) is 6.42 Å². The van der Waals surface area contributed by atoms with Gasteiger partial charge in [-0.15, -0.1) is 0 Å². The summed E-state index contributed by atoms with van der Waals surface area (Å²) in [5.41, 5.74) is -3.90. The van der Waals surface area contributed by atoms with E-state index < -0.39 is 89.2 Å². The Balaban J connectivity index is 1.58. The first-order valence-corrected chi connectivity index (χ1v) is 12.9. The van der Waals surface area contributed by atoms with E-state index in [-0.39, 0.29) is 24.8 Å². The highest BCUT2D eigenvalue weighted by atomic mass is 19.4. The van der Waals surface area contributed by atoms with E-state index in [1.165, 1.54) is 5.32 Å². The van der Waals surface area contributed by atoms with Gasteiger partial charge in [0.2, 0.25) is 17.7 Å². The number of halogens is 6. The van der Waals surface area contributed by atoms with E-state index >= 15 is 0 Å². The van der Waals surface area contributed by atoms with Crippen LogP contribution < -0.4 is 16.0 Å². The number of rotatable bonds is 7. The van der Waals surface area contributed by atoms with Crippen molar-refractivity contribution in [2.45, 2.75) is 89.4 Å². The van der Waals surface area contributed by atoms with E-state index in [2.05, 4.69) is 10.6 Å². The standard InChI is InChI=1S/C25H31F6N5O4/c1-21(2)8-11(17(37)35-21)7-12(9-32)33-18(38)15-14-13(22(14,3)4)10-36(15)19(39)16(34-20(40)24(26,27)28)23(5-6-23)25(29,30)31/h11-16H,5-8,10H2,1-4H3,(H,33,38)(H,34,40)(H,35,37)/t11-,12+,13+,14+,15+,16?/m1/s1. The Labute approximate surface area is 226 Å². The highest BCUT2D eigenvalue weighted by Crippen LogP contribution is 2.66. The van der Waals surface area contributed by atoms with Gasteiger partial charge in [-0.2, -0.15) is 31.6 Å². The summed E-state index contributed by atoms with van der Waals surface area (Å²) in [4.78, 5) is 51.8. The third kappa shape index (κ3) is 5.09. The van der Waals surface area contributed by atoms with Crippen LogP contribution in [0.2, 0.25) is 0 Å². The number of fused-ring (bicyclic) bond motifs is 1. The molecule has 6 atom stereocenters. The van der Waals surface area contributed by atoms with Crippen molar-refractivity contribution in [1.29, 1.82) is 5.26 Å². The first-order valence-electron chi connectivity index (χ1n) is 12.9. The Kier molecular flexibility index (Phi) is 6.91. The highest BCUT2D eigenvalue weighted by molar-refractivity contribution is 5.95. The highest BCUT2D eigenvalue weighted by Gasteiger charge is 2.74. The molecule has 4 amide bonds. The molecule has 2 saturated carbocycles. The molecule has 2 saturated heterocycles. The fourth-order valence-electron chi connectivity index (χ4n) is 6.57. The van der Waals surface area contributed by atoms with Crippen LogP contribution >= 0.6 is 0 Å². The average molecular weight is 580 g/mol. The maximum atomic E-state index is 14.0. The predicted octanol–water partition coefficient (Wildman–Crippen LogP) is 2.17. The number of likely N-dealkylation sites (tertiary alicyclic amines) is 1. The minimum absolute atomic E-state index is 0.0445. The molecule has 40 heavy (non-hydrogen) atoms. The Morgan fingerprint density at radius 1 is 1.10 bits per heavy atom. The number of amides is 4. The van der Waals surface area contributed by atoms with E-state index in [0.717, 1.165) is 4.90 Å². The number of hydrogen-bond acceptors (Lipinski definition) is 5. The van der Waals surface area contributed by atoms with Gasteiger partial charge in [0.1, 0.15) is 18.1 Å². The minimum Gasteiger partial charge on any atom is -0.351 e. The number of hydrogen-bond donors (Lipinski definition) is 3. The van der Waals surface area contributed by atoms with Crippen molar-refractivity contribution in [3.63, 3.8) is 0 Å². The maximum absolute atomic E-state index is 14.0. The Bertz CT molecular complexity index is 1160. The smallest absolute Gasteiger partial charge is 0.351 e. The monoisotopic (exact) mass is 579 g/mol. The molecule has 1 unspecified atom stereocenters. The zero-order valence-electron chi connectivity index (χ0n) is 22.3. The van der Waals surface area contributed by atoms with E-state index in [1.54, 1.807) is 27.7 Å². The molecule has 15 heteroatoms. The third-order valence-corrected chi connectivity index (χ3v) is 9.03. The molecule has 0 bridgehead atoms. The molecule has 9 nitrogen and oxygen atoms in total. The zero-order valence-corrected chi connectivity index (χ0v) is 22.3. The van der Waals surface area contributed by atoms with Crippen LogP contribution in [0.4, 0.5) is 26.3 Å². The van der Waals surface area contributed by atoms with Crippen LogP contribution in [0.5, 0.6) is 0 Å². The minimum atomic E-state index is -5.53. The molecule has 2 aliphatic heterocycles. The summed E-state index contributed by atoms with van der Waals surface area (Å²) in [6.07, 6.45) is -11.6. The number of piperidine rings is 1. The molecule has 0 aromatic carbocycles. The van der Waals surface area contributed by atoms with Crippen molar-refractivity contribution in [2.24, 2.45) is 28.6 Å². The molecule has 4 fully saturated rings. The van der Waals surface area contributed by atoms with Crippen LogP contribution in [-0.2, 0) is 19.2 Å². The van der Waals surface area contributed by atoms with Crippen molar-refractivity contribution in [3.05, 3.63) is 0 Å². The summed E-state index contributed by atoms with van der Waals surface area (Å²) in [6, 6.07) is -3.21. The van der Waals surface area contributed by atoms with Gasteiger partial charge in [-0.3, -0.25) is 19.2 Å². The van der Waals surface area contributed by atoms with Crippen LogP contribution in [0.3, 0.4) is 0 Å². The molecular formula is C25H31F6N5O4. The van der Waals surface area contributed by atoms with Gasteiger partial charge in [0.05, 0.1) is 11.5 Å². The average Bonchev–Trinajstić information content (AvgIpc) is 3.61. The normalized spacial score (nSPS) is 30.8. The van der Waals surface area contributed by atoms with Gasteiger partial charge in [-0.05, 0) is 56.8 Å². The number of carbonyl (C=O) groups is 4. The van der Waals surface area contributed by atoms with Crippen LogP contribution in [0.1, 0.15) is 53.4 Å². The molecule has 2 aliphatic carbocycles. The lowest BCUT2D eigenvalue weighted by atomic mass is 9.91. The summed E-state index contributed by atoms with van der Waals surface area (Å²) >= 11 is 0. The summed E-state index contributed by atoms with van der Waals surface area (Å²) in [5, 5.41) is 16.2. The van der Waals surface area contributed by atoms with Crippen LogP contribution in [0.25, 0.3) is 0 Å². The Hall–Kier alpha value is -3.05. The molecule has 0 radical (unpaired) electrons. The van der Waals surface area contributed by atoms with E-state index in [4.69, 9.17) is 0 Å². The second kappa shape index (κ2) is 9.24. The molecular weight excluding hydrogens is 548 g/mol. The lowest BCUT2D eigenvalue weighted by molar-refractivity contribution is -0.204. The number of alkyl halides is 6. The topological polar surface area (TPSA) is 131 Å². The first kappa shape index (κ1) is 29.9.